The van der Waals surface area contributed by atoms with Crippen molar-refractivity contribution in [3.05, 3.63) is 83.8 Å². The maximum atomic E-state index is 13.2. The first-order valence-corrected chi connectivity index (χ1v) is 21.2. The SMILES string of the molecule is C=C1C(NC(C)C(=O)CC2=NC=CC2)CC2[C@](C)(CC[C@@H](O)[C@@]2(C)CO)C1/C=C/C1=CC(=C\c2ccc(NC(=O)CC(=O)NC3C4CN5CC3CN(C4)C5)cc2)/OC1=O. The largest absolute Gasteiger partial charge is 0.423 e. The van der Waals surface area contributed by atoms with Crippen molar-refractivity contribution in [2.75, 3.05) is 44.8 Å². The number of ketones is 1. The Morgan fingerprint density at radius 1 is 1.08 bits per heavy atom. The number of carbonyl (C=O) groups excluding carboxylic acids is 4. The molecule has 6 aliphatic heterocycles. The highest BCUT2D eigenvalue weighted by Crippen LogP contribution is 2.61. The molecule has 0 spiro atoms. The maximum Gasteiger partial charge on any atom is 0.343 e. The number of nitrogens with one attached hydrogen (secondary N) is 3. The molecule has 314 valence electrons. The highest BCUT2D eigenvalue weighted by atomic mass is 16.5. The molecule has 0 radical (unpaired) electrons. The Balaban J connectivity index is 0.913. The van der Waals surface area contributed by atoms with Crippen LogP contribution in [0.15, 0.2) is 83.2 Å². The predicted octanol–water partition coefficient (Wildman–Crippen LogP) is 3.73. The van der Waals surface area contributed by atoms with Crippen LogP contribution in [0, 0.1) is 34.5 Å². The lowest BCUT2D eigenvalue weighted by atomic mass is 9.45. The van der Waals surface area contributed by atoms with Crippen molar-refractivity contribution in [1.29, 1.82) is 0 Å². The number of fused-ring (bicyclic) bond motifs is 1. The number of benzene rings is 1. The first kappa shape index (κ1) is 41.2. The van der Waals surface area contributed by atoms with Crippen molar-refractivity contribution in [1.82, 2.24) is 20.4 Å². The van der Waals surface area contributed by atoms with Crippen molar-refractivity contribution in [2.45, 2.75) is 83.5 Å². The number of amides is 2. The maximum absolute atomic E-state index is 13.2. The Morgan fingerprint density at radius 3 is 2.46 bits per heavy atom. The van der Waals surface area contributed by atoms with Gasteiger partial charge in [0.2, 0.25) is 11.8 Å². The zero-order chi connectivity index (χ0) is 41.6. The number of carbonyl (C=O) groups is 4. The van der Waals surface area contributed by atoms with Crippen LogP contribution in [0.5, 0.6) is 0 Å². The van der Waals surface area contributed by atoms with Crippen LogP contribution in [-0.2, 0) is 23.9 Å². The third-order valence-electron chi connectivity index (χ3n) is 14.5. The van der Waals surface area contributed by atoms with E-state index in [1.54, 1.807) is 48.7 Å². The molecule has 4 unspecified atom stereocenters. The number of nitrogens with zero attached hydrogens (tertiary/aromatic N) is 3. The van der Waals surface area contributed by atoms with E-state index in [0.717, 1.165) is 49.7 Å². The molecule has 59 heavy (non-hydrogen) atoms. The molecule has 1 aromatic carbocycles. The monoisotopic (exact) mass is 806 g/mol. The average molecular weight is 807 g/mol. The van der Waals surface area contributed by atoms with Gasteiger partial charge in [0.25, 0.3) is 0 Å². The Hall–Kier alpha value is -4.53. The number of piperidine rings is 2. The molecule has 2 saturated carbocycles. The molecule has 4 saturated heterocycles. The van der Waals surface area contributed by atoms with Gasteiger partial charge in [-0.05, 0) is 67.4 Å². The summed E-state index contributed by atoms with van der Waals surface area (Å²) in [5.41, 5.74) is 2.28. The third kappa shape index (κ3) is 8.32. The number of aliphatic hydroxyl groups is 2. The lowest BCUT2D eigenvalue weighted by Gasteiger charge is -2.61. The van der Waals surface area contributed by atoms with Gasteiger partial charge in [-0.2, -0.15) is 0 Å². The van der Waals surface area contributed by atoms with Crippen LogP contribution in [-0.4, -0.2) is 113 Å². The van der Waals surface area contributed by atoms with Gasteiger partial charge < -0.3 is 30.9 Å². The second-order valence-electron chi connectivity index (χ2n) is 18.5. The third-order valence-corrected chi connectivity index (χ3v) is 14.5. The summed E-state index contributed by atoms with van der Waals surface area (Å²) in [5, 5.41) is 31.4. The fourth-order valence-corrected chi connectivity index (χ4v) is 11.3. The van der Waals surface area contributed by atoms with Gasteiger partial charge in [-0.3, -0.25) is 29.2 Å². The van der Waals surface area contributed by atoms with E-state index in [2.05, 4.69) is 44.2 Å². The van der Waals surface area contributed by atoms with Crippen LogP contribution in [0.25, 0.3) is 6.08 Å². The molecular weight excluding hydrogens is 749 g/mol. The van der Waals surface area contributed by atoms with Crippen molar-refractivity contribution in [2.24, 2.45) is 39.5 Å². The van der Waals surface area contributed by atoms with Gasteiger partial charge in [0.05, 0.1) is 31.0 Å². The first-order valence-electron chi connectivity index (χ1n) is 21.2. The highest BCUT2D eigenvalue weighted by molar-refractivity contribution is 6.05. The number of cyclic esters (lactones) is 1. The molecule has 13 nitrogen and oxygen atoms in total. The number of anilines is 1. The van der Waals surface area contributed by atoms with E-state index < -0.39 is 23.5 Å². The van der Waals surface area contributed by atoms with E-state index in [0.29, 0.717) is 54.5 Å². The number of Topliss-reactive ketones (excluding diaryl/α,β-unsaturated/α-hetero) is 1. The molecule has 9 rings (SSSR count). The van der Waals surface area contributed by atoms with E-state index in [4.69, 9.17) is 4.74 Å². The molecule has 6 heterocycles. The Bertz CT molecular complexity index is 2010. The van der Waals surface area contributed by atoms with Crippen LogP contribution in [0.3, 0.4) is 0 Å². The number of rotatable bonds is 13. The summed E-state index contributed by atoms with van der Waals surface area (Å²) in [6.45, 7) is 15.4. The zero-order valence-electron chi connectivity index (χ0n) is 34.4. The molecule has 7 atom stereocenters. The second kappa shape index (κ2) is 16.5. The van der Waals surface area contributed by atoms with Crippen molar-refractivity contribution >= 4 is 41.0 Å². The van der Waals surface area contributed by atoms with Gasteiger partial charge in [0.15, 0.2) is 5.78 Å². The van der Waals surface area contributed by atoms with Crippen molar-refractivity contribution < 1.29 is 34.1 Å². The Labute approximate surface area is 346 Å². The minimum atomic E-state index is -0.767. The number of esters is 1. The minimum Gasteiger partial charge on any atom is -0.423 e. The fourth-order valence-electron chi connectivity index (χ4n) is 11.3. The first-order chi connectivity index (χ1) is 28.2. The molecule has 13 heteroatoms. The van der Waals surface area contributed by atoms with Crippen LogP contribution >= 0.6 is 0 Å². The van der Waals surface area contributed by atoms with E-state index in [-0.39, 0.29) is 66.4 Å². The van der Waals surface area contributed by atoms with E-state index in [9.17, 15) is 29.4 Å². The highest BCUT2D eigenvalue weighted by Gasteiger charge is 2.59. The summed E-state index contributed by atoms with van der Waals surface area (Å²) in [5.74, 6) is -0.244. The van der Waals surface area contributed by atoms with Gasteiger partial charge in [0.1, 0.15) is 12.2 Å². The number of ether oxygens (including phenoxy) is 1. The van der Waals surface area contributed by atoms with E-state index in [1.165, 1.54) is 0 Å². The standard InChI is InChI=1S/C46H58N6O7/c1-27-36(45(3)14-13-40(55)46(4,25-53)39(45)19-37(27)48-28(2)38(54)18-34-6-5-15-47-34)12-9-30-17-35(59-44(30)58)16-29-7-10-33(11-8-29)49-41(56)20-42(57)50-43-31-21-51-23-32(43)24-52(22-31)26-51/h5,7-12,15-17,28,31-32,36-37,39-40,43,48,53,55H,1,6,13-14,18-26H2,2-4H3,(H,49,56)(H,50,57)/b12-9+,35-16+/t28?,31?,32?,36?,37?,39?,40-,43?,45-,46+/m1/s1. The molecule has 4 bridgehead atoms. The molecule has 8 aliphatic rings. The number of aliphatic hydroxyl groups excluding tert-OH is 2. The summed E-state index contributed by atoms with van der Waals surface area (Å²) in [6.07, 6.45) is 12.7. The quantitative estimate of drug-likeness (QED) is 0.112. The van der Waals surface area contributed by atoms with Crippen LogP contribution in [0.4, 0.5) is 5.69 Å². The van der Waals surface area contributed by atoms with Crippen LogP contribution in [0.2, 0.25) is 0 Å². The second-order valence-corrected chi connectivity index (χ2v) is 18.5. The Kier molecular flexibility index (Phi) is 11.5. The number of aliphatic imine (C=N–C) groups is 1. The van der Waals surface area contributed by atoms with Crippen LogP contribution in [0.1, 0.15) is 64.9 Å². The number of allylic oxidation sites excluding steroid dienone is 3. The summed E-state index contributed by atoms with van der Waals surface area (Å²) < 4.78 is 5.64. The summed E-state index contributed by atoms with van der Waals surface area (Å²) in [7, 11) is 0. The van der Waals surface area contributed by atoms with E-state index >= 15 is 0 Å². The number of hydrogen-bond acceptors (Lipinski definition) is 11. The van der Waals surface area contributed by atoms with Gasteiger partial charge in [-0.25, -0.2) is 4.79 Å². The lowest BCUT2D eigenvalue weighted by Crippen LogP contribution is -2.71. The smallest absolute Gasteiger partial charge is 0.343 e. The summed E-state index contributed by atoms with van der Waals surface area (Å²) in [4.78, 5) is 61.2. The predicted molar refractivity (Wildman–Crippen MR) is 224 cm³/mol. The van der Waals surface area contributed by atoms with Crippen LogP contribution < -0.4 is 16.0 Å². The van der Waals surface area contributed by atoms with Crippen molar-refractivity contribution in [3.63, 3.8) is 0 Å². The summed E-state index contributed by atoms with van der Waals surface area (Å²) >= 11 is 0. The molecular formula is C46H58N6O7. The topological polar surface area (TPSA) is 173 Å². The lowest BCUT2D eigenvalue weighted by molar-refractivity contribution is -0.149. The normalized spacial score (nSPS) is 37.0. The zero-order valence-corrected chi connectivity index (χ0v) is 34.4. The minimum absolute atomic E-state index is 0.0380. The molecule has 2 aliphatic carbocycles. The van der Waals surface area contributed by atoms with Gasteiger partial charge >= 0.3 is 5.97 Å². The molecule has 2 amide bonds. The van der Waals surface area contributed by atoms with Gasteiger partial charge in [-0.15, -0.1) is 0 Å². The molecule has 1 aromatic rings. The average Bonchev–Trinajstić information content (AvgIpc) is 3.84. The fraction of sp³-hybridized carbons (Fsp3) is 0.543. The van der Waals surface area contributed by atoms with E-state index in [1.807, 2.05) is 26.0 Å². The van der Waals surface area contributed by atoms with Gasteiger partial charge in [-0.1, -0.05) is 56.4 Å². The Morgan fingerprint density at radius 2 is 1.80 bits per heavy atom. The molecule has 6 fully saturated rings. The molecule has 0 aromatic heterocycles. The van der Waals surface area contributed by atoms with Crippen molar-refractivity contribution in [3.8, 4) is 0 Å². The van der Waals surface area contributed by atoms with Gasteiger partial charge in [0, 0.05) is 91.9 Å². The number of hydrogen-bond donors (Lipinski definition) is 5. The summed E-state index contributed by atoms with van der Waals surface area (Å²) in [6, 6.07) is 6.48. The molecule has 5 N–H and O–H groups in total.